The monoisotopic (exact) mass is 585 g/mol. The summed E-state index contributed by atoms with van der Waals surface area (Å²) in [4.78, 5) is 16.7. The van der Waals surface area contributed by atoms with E-state index < -0.39 is 5.97 Å². The molecule has 0 N–H and O–H groups in total. The number of rotatable bonds is 10. The van der Waals surface area contributed by atoms with E-state index in [9.17, 15) is 4.79 Å². The summed E-state index contributed by atoms with van der Waals surface area (Å²) in [6.45, 7) is 3.00. The average Bonchev–Trinajstić information content (AvgIpc) is 3.24. The molecule has 0 saturated carbocycles. The van der Waals surface area contributed by atoms with Gasteiger partial charge >= 0.3 is 5.97 Å². The van der Waals surface area contributed by atoms with E-state index in [4.69, 9.17) is 23.7 Å². The zero-order chi connectivity index (χ0) is 24.6. The molecule has 0 fully saturated rings. The zero-order valence-corrected chi connectivity index (χ0v) is 21.5. The summed E-state index contributed by atoms with van der Waals surface area (Å²) in [6.07, 6.45) is 1.68. The number of methoxy groups -OCH3 is 1. The van der Waals surface area contributed by atoms with Crippen LogP contribution in [0.3, 0.4) is 0 Å². The molecule has 0 atom stereocenters. The van der Waals surface area contributed by atoms with E-state index in [0.717, 1.165) is 14.7 Å². The van der Waals surface area contributed by atoms with E-state index in [1.54, 1.807) is 13.2 Å². The number of benzene rings is 3. The number of halogens is 1. The minimum atomic E-state index is -0.495. The molecule has 1 heterocycles. The van der Waals surface area contributed by atoms with E-state index in [-0.39, 0.29) is 11.6 Å². The molecule has 0 saturated heterocycles. The van der Waals surface area contributed by atoms with Crippen molar-refractivity contribution in [2.24, 2.45) is 4.99 Å². The van der Waals surface area contributed by atoms with Gasteiger partial charge in [-0.05, 0) is 77.6 Å². The summed E-state index contributed by atoms with van der Waals surface area (Å²) < 4.78 is 29.1. The molecule has 1 aliphatic rings. The van der Waals surface area contributed by atoms with Crippen molar-refractivity contribution in [3.05, 3.63) is 87.1 Å². The highest BCUT2D eigenvalue weighted by Crippen LogP contribution is 2.35. The van der Waals surface area contributed by atoms with Crippen molar-refractivity contribution < 1.29 is 28.5 Å². The first kappa shape index (κ1) is 24.6. The lowest BCUT2D eigenvalue weighted by Gasteiger charge is -2.15. The summed E-state index contributed by atoms with van der Waals surface area (Å²) in [5, 5.41) is 0. The lowest BCUT2D eigenvalue weighted by Crippen LogP contribution is -2.11. The van der Waals surface area contributed by atoms with E-state index in [0.29, 0.717) is 42.8 Å². The number of esters is 1. The van der Waals surface area contributed by atoms with Gasteiger partial charge in [-0.25, -0.2) is 9.79 Å². The van der Waals surface area contributed by atoms with E-state index in [2.05, 4.69) is 27.6 Å². The van der Waals surface area contributed by atoms with Gasteiger partial charge in [-0.3, -0.25) is 0 Å². The number of hydrogen-bond donors (Lipinski definition) is 0. The second kappa shape index (κ2) is 11.7. The minimum Gasteiger partial charge on any atom is -0.493 e. The summed E-state index contributed by atoms with van der Waals surface area (Å²) in [5.74, 6) is 2.29. The van der Waals surface area contributed by atoms with Gasteiger partial charge in [0.05, 0.1) is 17.3 Å². The Kier molecular flexibility index (Phi) is 8.25. The number of hydrogen-bond acceptors (Lipinski definition) is 7. The largest absolute Gasteiger partial charge is 0.493 e. The van der Waals surface area contributed by atoms with E-state index in [1.165, 1.54) is 0 Å². The Morgan fingerprint density at radius 3 is 2.37 bits per heavy atom. The molecule has 0 amide bonds. The number of aliphatic imine (C=N–C) groups is 1. The number of para-hydroxylation sites is 2. The van der Waals surface area contributed by atoms with Gasteiger partial charge in [-0.15, -0.1) is 0 Å². The number of ether oxygens (including phenoxy) is 5. The maximum Gasteiger partial charge on any atom is 0.363 e. The summed E-state index contributed by atoms with van der Waals surface area (Å²) in [5.41, 5.74) is 1.72. The molecule has 0 aromatic heterocycles. The number of nitrogens with zero attached hydrogens (tertiary/aromatic N) is 1. The van der Waals surface area contributed by atoms with Gasteiger partial charge < -0.3 is 23.7 Å². The van der Waals surface area contributed by atoms with Gasteiger partial charge in [0.25, 0.3) is 0 Å². The predicted octanol–water partition coefficient (Wildman–Crippen LogP) is 5.50. The lowest BCUT2D eigenvalue weighted by molar-refractivity contribution is -0.129. The third-order valence-corrected chi connectivity index (χ3v) is 5.73. The van der Waals surface area contributed by atoms with Gasteiger partial charge in [0, 0.05) is 5.56 Å². The molecule has 0 radical (unpaired) electrons. The number of carbonyl (C=O) groups excluding carboxylic acids is 1. The fourth-order valence-electron chi connectivity index (χ4n) is 3.38. The Morgan fingerprint density at radius 1 is 0.914 bits per heavy atom. The van der Waals surface area contributed by atoms with Crippen LogP contribution >= 0.6 is 22.6 Å². The Balaban J connectivity index is 1.49. The molecule has 0 unspecified atom stereocenters. The van der Waals surface area contributed by atoms with Gasteiger partial charge in [-0.1, -0.05) is 30.3 Å². The number of carbonyl (C=O) groups is 1. The molecular weight excluding hydrogens is 561 g/mol. The Labute approximate surface area is 217 Å². The maximum absolute atomic E-state index is 12.4. The standard InChI is InChI=1S/C27H24INO6/c1-3-32-24-17-18(16-21-27(30)35-26(29-21)19-9-5-4-6-10-19)15-20(28)25(24)34-14-13-33-23-12-8-7-11-22(23)31-2/h4-12,15-17H,3,13-14H2,1-2H3/b21-16-. The second-order valence-corrected chi connectivity index (χ2v) is 8.48. The quantitative estimate of drug-likeness (QED) is 0.135. The van der Waals surface area contributed by atoms with Crippen molar-refractivity contribution in [1.82, 2.24) is 0 Å². The summed E-state index contributed by atoms with van der Waals surface area (Å²) in [7, 11) is 1.60. The highest BCUT2D eigenvalue weighted by atomic mass is 127. The smallest absolute Gasteiger partial charge is 0.363 e. The fourth-order valence-corrected chi connectivity index (χ4v) is 4.16. The first-order valence-electron chi connectivity index (χ1n) is 11.0. The molecule has 180 valence electrons. The zero-order valence-electron chi connectivity index (χ0n) is 19.3. The van der Waals surface area contributed by atoms with Crippen molar-refractivity contribution in [3.63, 3.8) is 0 Å². The van der Waals surface area contributed by atoms with Gasteiger partial charge in [-0.2, -0.15) is 0 Å². The van der Waals surface area contributed by atoms with E-state index in [1.807, 2.05) is 73.7 Å². The van der Waals surface area contributed by atoms with Crippen LogP contribution in [0, 0.1) is 3.57 Å². The molecule has 35 heavy (non-hydrogen) atoms. The van der Waals surface area contributed by atoms with Gasteiger partial charge in [0.15, 0.2) is 28.7 Å². The third-order valence-electron chi connectivity index (χ3n) is 4.93. The predicted molar refractivity (Wildman–Crippen MR) is 141 cm³/mol. The van der Waals surface area contributed by atoms with Crippen LogP contribution in [-0.2, 0) is 9.53 Å². The van der Waals surface area contributed by atoms with Crippen LogP contribution in [0.4, 0.5) is 0 Å². The molecule has 4 rings (SSSR count). The summed E-state index contributed by atoms with van der Waals surface area (Å²) >= 11 is 2.18. The lowest BCUT2D eigenvalue weighted by atomic mass is 10.1. The van der Waals surface area contributed by atoms with Crippen molar-refractivity contribution in [2.45, 2.75) is 6.92 Å². The van der Waals surface area contributed by atoms with Crippen LogP contribution in [0.15, 0.2) is 77.4 Å². The fraction of sp³-hybridized carbons (Fsp3) is 0.185. The van der Waals surface area contributed by atoms with Crippen LogP contribution in [0.5, 0.6) is 23.0 Å². The average molecular weight is 585 g/mol. The normalized spacial score (nSPS) is 13.9. The molecule has 0 bridgehead atoms. The Hall–Kier alpha value is -3.53. The van der Waals surface area contributed by atoms with Crippen molar-refractivity contribution in [1.29, 1.82) is 0 Å². The van der Waals surface area contributed by atoms with Crippen LogP contribution in [0.2, 0.25) is 0 Å². The Bertz CT molecular complexity index is 1260. The van der Waals surface area contributed by atoms with Crippen LogP contribution in [0.25, 0.3) is 6.08 Å². The highest BCUT2D eigenvalue weighted by molar-refractivity contribution is 14.1. The topological polar surface area (TPSA) is 75.6 Å². The first-order valence-corrected chi connectivity index (χ1v) is 12.1. The first-order chi connectivity index (χ1) is 17.1. The van der Waals surface area contributed by atoms with E-state index >= 15 is 0 Å². The maximum atomic E-state index is 12.4. The molecular formula is C27H24INO6. The molecule has 1 aliphatic heterocycles. The van der Waals surface area contributed by atoms with Crippen molar-refractivity contribution in [3.8, 4) is 23.0 Å². The van der Waals surface area contributed by atoms with Crippen LogP contribution in [0.1, 0.15) is 18.1 Å². The summed E-state index contributed by atoms with van der Waals surface area (Å²) in [6, 6.07) is 20.5. The van der Waals surface area contributed by atoms with Gasteiger partial charge in [0.1, 0.15) is 13.2 Å². The van der Waals surface area contributed by atoms with Crippen molar-refractivity contribution >= 4 is 40.5 Å². The van der Waals surface area contributed by atoms with Gasteiger partial charge in [0.2, 0.25) is 5.90 Å². The molecule has 0 spiro atoms. The van der Waals surface area contributed by atoms with Crippen molar-refractivity contribution in [2.75, 3.05) is 26.9 Å². The molecule has 8 heteroatoms. The van der Waals surface area contributed by atoms with Crippen LogP contribution in [-0.4, -0.2) is 38.8 Å². The Morgan fingerprint density at radius 2 is 1.63 bits per heavy atom. The minimum absolute atomic E-state index is 0.223. The second-order valence-electron chi connectivity index (χ2n) is 7.31. The SMILES string of the molecule is CCOc1cc(/C=C2\N=C(c3ccccc3)OC2=O)cc(I)c1OCCOc1ccccc1OC. The number of cyclic esters (lactones) is 1. The van der Waals surface area contributed by atoms with Crippen LogP contribution < -0.4 is 18.9 Å². The third kappa shape index (κ3) is 6.13. The highest BCUT2D eigenvalue weighted by Gasteiger charge is 2.24. The molecule has 0 aliphatic carbocycles. The molecule has 3 aromatic rings. The molecule has 3 aromatic carbocycles. The molecule has 7 nitrogen and oxygen atoms in total.